The molecule has 1 unspecified atom stereocenters. The summed E-state index contributed by atoms with van der Waals surface area (Å²) in [5.74, 6) is 0.0802. The van der Waals surface area contributed by atoms with Gasteiger partial charge in [-0.3, -0.25) is 4.79 Å². The fourth-order valence-corrected chi connectivity index (χ4v) is 4.41. The molecule has 40 heavy (non-hydrogen) atoms. The van der Waals surface area contributed by atoms with Gasteiger partial charge in [0.15, 0.2) is 0 Å². The van der Waals surface area contributed by atoms with Crippen molar-refractivity contribution in [2.24, 2.45) is 5.92 Å². The highest BCUT2D eigenvalue weighted by Crippen LogP contribution is 2.23. The number of aliphatic hydroxyl groups is 1. The number of likely N-dealkylation sites (N-methyl/N-ethyl adjacent to an activating group) is 1. The highest BCUT2D eigenvalue weighted by molar-refractivity contribution is 6.30. The summed E-state index contributed by atoms with van der Waals surface area (Å²) < 4.78 is 40.0. The molecule has 0 radical (unpaired) electrons. The number of carbonyl (C=O) groups is 2. The fraction of sp³-hybridized carbons (Fsp3) is 0.500. The summed E-state index contributed by atoms with van der Waals surface area (Å²) in [5.41, 5.74) is 1.86. The molecule has 222 valence electrons. The third-order valence-corrected chi connectivity index (χ3v) is 6.34. The Morgan fingerprint density at radius 2 is 1.98 bits per heavy atom. The van der Waals surface area contributed by atoms with Crippen molar-refractivity contribution in [1.82, 2.24) is 16.0 Å². The lowest BCUT2D eigenvalue weighted by molar-refractivity contribution is -0.0499. The molecule has 1 heterocycles. The highest BCUT2D eigenvalue weighted by Gasteiger charge is 2.20. The van der Waals surface area contributed by atoms with Gasteiger partial charge in [0.2, 0.25) is 0 Å². The monoisotopic (exact) mass is 585 g/mol. The van der Waals surface area contributed by atoms with E-state index < -0.39 is 12.7 Å². The number of alkyl carbamates (subject to hydrolysis) is 1. The van der Waals surface area contributed by atoms with E-state index in [0.717, 1.165) is 38.0 Å². The lowest BCUT2D eigenvalue weighted by Crippen LogP contribution is -2.41. The summed E-state index contributed by atoms with van der Waals surface area (Å²) in [6.07, 6.45) is 2.98. The summed E-state index contributed by atoms with van der Waals surface area (Å²) >= 11 is 6.05. The fourth-order valence-electron chi connectivity index (χ4n) is 4.19. The minimum absolute atomic E-state index is 0.0470. The van der Waals surface area contributed by atoms with E-state index in [9.17, 15) is 18.4 Å². The van der Waals surface area contributed by atoms with Crippen LogP contribution in [-0.2, 0) is 15.9 Å². The second kappa shape index (κ2) is 18.4. The SMILES string of the molecule is CNC(CNC(=O)c1cc(Cc2cccc(Cl)c2)cc(OC(F)F)c1)C[C@H]1CCCOC1.COC(=O)NCCO. The zero-order valence-electron chi connectivity index (χ0n) is 22.8. The molecule has 0 aliphatic carbocycles. The number of ether oxygens (including phenoxy) is 3. The smallest absolute Gasteiger partial charge is 0.406 e. The second-order valence-electron chi connectivity index (χ2n) is 9.21. The van der Waals surface area contributed by atoms with E-state index in [1.807, 2.05) is 19.2 Å². The molecule has 0 saturated carbocycles. The van der Waals surface area contributed by atoms with Crippen LogP contribution in [0.15, 0.2) is 42.5 Å². The van der Waals surface area contributed by atoms with Gasteiger partial charge in [-0.1, -0.05) is 23.7 Å². The van der Waals surface area contributed by atoms with Crippen LogP contribution in [0.4, 0.5) is 13.6 Å². The molecule has 3 rings (SSSR count). The maximum absolute atomic E-state index is 12.8. The Balaban J connectivity index is 0.000000611. The molecular weight excluding hydrogens is 548 g/mol. The van der Waals surface area contributed by atoms with E-state index in [4.69, 9.17) is 21.4 Å². The number of alkyl halides is 2. The Morgan fingerprint density at radius 3 is 2.60 bits per heavy atom. The Bertz CT molecular complexity index is 1060. The van der Waals surface area contributed by atoms with Crippen LogP contribution in [0.3, 0.4) is 0 Å². The number of rotatable bonds is 12. The molecule has 0 bridgehead atoms. The number of hydrogen-bond acceptors (Lipinski definition) is 7. The molecule has 1 saturated heterocycles. The molecule has 1 aliphatic rings. The number of aliphatic hydroxyl groups excluding tert-OH is 1. The van der Waals surface area contributed by atoms with Gasteiger partial charge in [-0.05, 0) is 80.1 Å². The number of nitrogens with one attached hydrogen (secondary N) is 3. The number of carbonyl (C=O) groups excluding carboxylic acids is 2. The van der Waals surface area contributed by atoms with Crippen molar-refractivity contribution >= 4 is 23.6 Å². The number of amides is 2. The van der Waals surface area contributed by atoms with Crippen LogP contribution in [-0.4, -0.2) is 76.8 Å². The largest absolute Gasteiger partial charge is 0.453 e. The Morgan fingerprint density at radius 1 is 1.18 bits per heavy atom. The van der Waals surface area contributed by atoms with Gasteiger partial charge in [0.25, 0.3) is 5.91 Å². The van der Waals surface area contributed by atoms with Gasteiger partial charge in [-0.25, -0.2) is 4.79 Å². The molecule has 0 spiro atoms. The Labute approximate surface area is 238 Å². The number of benzene rings is 2. The topological polar surface area (TPSA) is 118 Å². The third-order valence-electron chi connectivity index (χ3n) is 6.11. The van der Waals surface area contributed by atoms with E-state index >= 15 is 0 Å². The summed E-state index contributed by atoms with van der Waals surface area (Å²) in [6, 6.07) is 11.9. The van der Waals surface area contributed by atoms with Crippen molar-refractivity contribution < 1.29 is 37.7 Å². The van der Waals surface area contributed by atoms with Crippen LogP contribution in [0.25, 0.3) is 0 Å². The van der Waals surface area contributed by atoms with E-state index in [-0.39, 0.29) is 36.4 Å². The zero-order chi connectivity index (χ0) is 29.3. The van der Waals surface area contributed by atoms with Crippen molar-refractivity contribution in [2.45, 2.75) is 38.3 Å². The Hall–Kier alpha value is -2.99. The van der Waals surface area contributed by atoms with Crippen molar-refractivity contribution in [1.29, 1.82) is 0 Å². The van der Waals surface area contributed by atoms with Crippen LogP contribution in [0.2, 0.25) is 5.02 Å². The van der Waals surface area contributed by atoms with Gasteiger partial charge in [-0.15, -0.1) is 0 Å². The predicted molar refractivity (Wildman–Crippen MR) is 148 cm³/mol. The van der Waals surface area contributed by atoms with Crippen molar-refractivity contribution in [3.05, 3.63) is 64.2 Å². The van der Waals surface area contributed by atoms with Crippen molar-refractivity contribution in [3.63, 3.8) is 0 Å². The standard InChI is InChI=1S/C24H29ClF2N2O3.C4H9NO3/c1-28-21(11-17-5-3-7-31-15-17)14-29-23(30)19-9-18(12-22(13-19)32-24(26)27)8-16-4-2-6-20(25)10-16;1-8-4(7)5-2-3-6/h2,4,6,9-10,12-13,17,21,24,28H,3,5,7-8,11,14-15H2,1H3,(H,29,30);6H,2-3H2,1H3,(H,5,7)/t17-,21?;/m1./s1. The number of halogens is 3. The molecular formula is C28H38ClF2N3O6. The Kier molecular flexibility index (Phi) is 15.3. The molecule has 2 amide bonds. The van der Waals surface area contributed by atoms with Gasteiger partial charge >= 0.3 is 12.7 Å². The van der Waals surface area contributed by atoms with Crippen molar-refractivity contribution in [2.75, 3.05) is 47.1 Å². The van der Waals surface area contributed by atoms with E-state index in [0.29, 0.717) is 29.5 Å². The third kappa shape index (κ3) is 12.9. The minimum Gasteiger partial charge on any atom is -0.453 e. The van der Waals surface area contributed by atoms with E-state index in [1.165, 1.54) is 19.2 Å². The van der Waals surface area contributed by atoms with Gasteiger partial charge in [0, 0.05) is 42.9 Å². The van der Waals surface area contributed by atoms with Crippen molar-refractivity contribution in [3.8, 4) is 5.75 Å². The second-order valence-corrected chi connectivity index (χ2v) is 9.64. The average Bonchev–Trinajstić information content (AvgIpc) is 2.94. The first kappa shape index (κ1) is 33.2. The van der Waals surface area contributed by atoms with Crippen LogP contribution in [0.5, 0.6) is 5.75 Å². The normalized spacial score (nSPS) is 15.4. The van der Waals surface area contributed by atoms with Crippen LogP contribution in [0, 0.1) is 5.92 Å². The maximum atomic E-state index is 12.8. The molecule has 9 nitrogen and oxygen atoms in total. The molecule has 1 aliphatic heterocycles. The molecule has 1 fully saturated rings. The summed E-state index contributed by atoms with van der Waals surface area (Å²) in [6.45, 7) is -0.812. The van der Waals surface area contributed by atoms with E-state index in [1.54, 1.807) is 18.2 Å². The van der Waals surface area contributed by atoms with Crippen LogP contribution < -0.4 is 20.7 Å². The quantitative estimate of drug-likeness (QED) is 0.297. The predicted octanol–water partition coefficient (Wildman–Crippen LogP) is 4.00. The summed E-state index contributed by atoms with van der Waals surface area (Å²) in [4.78, 5) is 23.0. The molecule has 4 N–H and O–H groups in total. The molecule has 0 aromatic heterocycles. The number of hydrogen-bond donors (Lipinski definition) is 4. The van der Waals surface area contributed by atoms with Gasteiger partial charge in [-0.2, -0.15) is 8.78 Å². The summed E-state index contributed by atoms with van der Waals surface area (Å²) in [7, 11) is 3.13. The molecule has 2 aromatic carbocycles. The first-order valence-electron chi connectivity index (χ1n) is 13.0. The summed E-state index contributed by atoms with van der Waals surface area (Å²) in [5, 5.41) is 17.1. The van der Waals surface area contributed by atoms with Crippen LogP contribution >= 0.6 is 11.6 Å². The van der Waals surface area contributed by atoms with Gasteiger partial charge < -0.3 is 35.3 Å². The molecule has 2 aromatic rings. The zero-order valence-corrected chi connectivity index (χ0v) is 23.5. The van der Waals surface area contributed by atoms with Gasteiger partial charge in [0.05, 0.1) is 13.7 Å². The number of methoxy groups -OCH3 is 1. The van der Waals surface area contributed by atoms with E-state index in [2.05, 4.69) is 25.4 Å². The van der Waals surface area contributed by atoms with Crippen LogP contribution in [0.1, 0.15) is 40.7 Å². The highest BCUT2D eigenvalue weighted by atomic mass is 35.5. The molecule has 12 heteroatoms. The maximum Gasteiger partial charge on any atom is 0.406 e. The average molecular weight is 586 g/mol. The lowest BCUT2D eigenvalue weighted by Gasteiger charge is -2.26. The minimum atomic E-state index is -2.97. The lowest BCUT2D eigenvalue weighted by atomic mass is 9.94. The first-order valence-corrected chi connectivity index (χ1v) is 13.4. The first-order chi connectivity index (χ1) is 19.2. The van der Waals surface area contributed by atoms with Gasteiger partial charge in [0.1, 0.15) is 5.75 Å². The molecule has 2 atom stereocenters.